The highest BCUT2D eigenvalue weighted by Crippen LogP contribution is 2.49. The summed E-state index contributed by atoms with van der Waals surface area (Å²) in [5.41, 5.74) is 4.72. The lowest BCUT2D eigenvalue weighted by Crippen LogP contribution is -2.64. The number of anilines is 1. The number of quaternary nitrogens is 1. The number of rotatable bonds is 12. The SMILES string of the molecule is C[C@@H]1S[C@@H]2[C@H](CC(=O)/C(=N\OC(C)(C)C(=O)[O-])c3csc(N)n3)C(=O)N2C(C(=O)[O-])=C1C[N+]1(Cc2noc3cc(O)c(O)cc23)CCCC1. The minimum absolute atomic E-state index is 0.0408. The number of aromatic hydroxyl groups is 2. The van der Waals surface area contributed by atoms with E-state index in [0.29, 0.717) is 46.4 Å². The van der Waals surface area contributed by atoms with Gasteiger partial charge in [0.25, 0.3) is 0 Å². The fourth-order valence-electron chi connectivity index (χ4n) is 6.49. The van der Waals surface area contributed by atoms with Gasteiger partial charge in [0, 0.05) is 41.5 Å². The zero-order chi connectivity index (χ0) is 35.4. The molecule has 49 heavy (non-hydrogen) atoms. The number of likely N-dealkylation sites (tertiary alicyclic amines) is 1. The Morgan fingerprint density at radius 1 is 1.18 bits per heavy atom. The molecule has 3 aliphatic heterocycles. The van der Waals surface area contributed by atoms with Crippen LogP contribution in [0.15, 0.2) is 38.5 Å². The van der Waals surface area contributed by atoms with Crippen molar-refractivity contribution >= 4 is 68.5 Å². The van der Waals surface area contributed by atoms with Gasteiger partial charge in [0.15, 0.2) is 39.3 Å². The number of oxime groups is 1. The van der Waals surface area contributed by atoms with Crippen LogP contribution < -0.4 is 15.9 Å². The standard InChI is InChI=1S/C31H34N6O10S2/c1-14-17(11-37(6-4-5-7-37)12-18-15-8-20(38)21(39)10-23(15)46-34-18)25(28(42)43)36-26(41)16(27(36)49-14)9-22(40)24(19-13-48-30(32)33-19)35-47-31(2,3)29(44)45/h8,10,13-14,16,27H,4-7,9,11-12H2,1-3H3,(H5-,32,33,34,35,38,39,40,42,43,44,45)/p-1/t14-,16+,27+/m0/s1. The molecule has 6 rings (SSSR count). The number of phenols is 2. The van der Waals surface area contributed by atoms with Crippen molar-refractivity contribution in [2.75, 3.05) is 25.4 Å². The number of carboxylic acid groups (broad SMARTS) is 2. The monoisotopic (exact) mass is 713 g/mol. The summed E-state index contributed by atoms with van der Waals surface area (Å²) in [5.74, 6) is -5.88. The minimum Gasteiger partial charge on any atom is -0.546 e. The van der Waals surface area contributed by atoms with Crippen molar-refractivity contribution in [2.24, 2.45) is 11.1 Å². The van der Waals surface area contributed by atoms with Gasteiger partial charge in [-0.25, -0.2) is 4.98 Å². The number of Topliss-reactive ketones (excluding diaryl/α,β-unsaturated/α-hetero) is 1. The van der Waals surface area contributed by atoms with Crippen LogP contribution in [0, 0.1) is 5.92 Å². The van der Waals surface area contributed by atoms with Crippen molar-refractivity contribution in [1.29, 1.82) is 0 Å². The maximum Gasteiger partial charge on any atom is 0.234 e. The van der Waals surface area contributed by atoms with Crippen LogP contribution in [0.1, 0.15) is 51.4 Å². The number of carboxylic acids is 2. The number of thioether (sulfide) groups is 1. The Morgan fingerprint density at radius 3 is 2.51 bits per heavy atom. The van der Waals surface area contributed by atoms with E-state index >= 15 is 0 Å². The maximum absolute atomic E-state index is 13.6. The summed E-state index contributed by atoms with van der Waals surface area (Å²) < 4.78 is 5.83. The van der Waals surface area contributed by atoms with Gasteiger partial charge in [-0.2, -0.15) is 0 Å². The topological polar surface area (TPSA) is 245 Å². The van der Waals surface area contributed by atoms with Crippen LogP contribution in [0.5, 0.6) is 11.5 Å². The lowest BCUT2D eigenvalue weighted by molar-refractivity contribution is -0.925. The fraction of sp³-hybridized carbons (Fsp3) is 0.452. The number of ketones is 1. The third kappa shape index (κ3) is 6.30. The number of hydrogen-bond donors (Lipinski definition) is 3. The molecule has 260 valence electrons. The van der Waals surface area contributed by atoms with Crippen LogP contribution in [0.4, 0.5) is 5.13 Å². The molecule has 0 saturated carbocycles. The van der Waals surface area contributed by atoms with E-state index in [0.717, 1.165) is 24.2 Å². The van der Waals surface area contributed by atoms with Crippen LogP contribution >= 0.6 is 23.1 Å². The predicted octanol–water partition coefficient (Wildman–Crippen LogP) is 0.221. The summed E-state index contributed by atoms with van der Waals surface area (Å²) in [6.07, 6.45) is 1.39. The first-order valence-corrected chi connectivity index (χ1v) is 17.2. The van der Waals surface area contributed by atoms with Crippen LogP contribution in [0.25, 0.3) is 11.0 Å². The Bertz CT molecular complexity index is 1930. The molecule has 16 nitrogen and oxygen atoms in total. The van der Waals surface area contributed by atoms with E-state index in [1.165, 1.54) is 48.0 Å². The molecular weight excluding hydrogens is 681 g/mol. The van der Waals surface area contributed by atoms with Gasteiger partial charge in [0.2, 0.25) is 5.91 Å². The second-order valence-electron chi connectivity index (χ2n) is 13.0. The highest BCUT2D eigenvalue weighted by atomic mass is 32.2. The highest BCUT2D eigenvalue weighted by molar-refractivity contribution is 8.00. The molecule has 1 aromatic carbocycles. The molecule has 3 aromatic rings. The summed E-state index contributed by atoms with van der Waals surface area (Å²) in [7, 11) is 0. The first-order chi connectivity index (χ1) is 23.1. The number of amides is 1. The zero-order valence-electron chi connectivity index (χ0n) is 26.7. The largest absolute Gasteiger partial charge is 0.546 e. The van der Waals surface area contributed by atoms with E-state index in [1.807, 2.05) is 6.92 Å². The average molecular weight is 714 g/mol. The van der Waals surface area contributed by atoms with Gasteiger partial charge >= 0.3 is 0 Å². The molecule has 3 aliphatic rings. The van der Waals surface area contributed by atoms with Crippen molar-refractivity contribution in [3.63, 3.8) is 0 Å². The molecule has 5 heterocycles. The molecule has 0 radical (unpaired) electrons. The summed E-state index contributed by atoms with van der Waals surface area (Å²) >= 11 is 2.38. The number of phenolic OH excluding ortho intramolecular Hbond substituents is 2. The Kier molecular flexibility index (Phi) is 8.83. The third-order valence-electron chi connectivity index (χ3n) is 9.16. The van der Waals surface area contributed by atoms with Gasteiger partial charge in [0.05, 0.1) is 47.4 Å². The molecule has 0 spiro atoms. The molecule has 2 aromatic heterocycles. The second-order valence-corrected chi connectivity index (χ2v) is 15.3. The van der Waals surface area contributed by atoms with Crippen molar-refractivity contribution in [2.45, 2.75) is 62.8 Å². The molecule has 18 heteroatoms. The van der Waals surface area contributed by atoms with Crippen molar-refractivity contribution in [1.82, 2.24) is 15.0 Å². The summed E-state index contributed by atoms with van der Waals surface area (Å²) in [5, 5.41) is 53.1. The molecule has 4 N–H and O–H groups in total. The average Bonchev–Trinajstić information content (AvgIpc) is 3.78. The van der Waals surface area contributed by atoms with Crippen LogP contribution in [-0.4, -0.2) is 94.9 Å². The number of hydrogen-bond acceptors (Lipinski definition) is 16. The van der Waals surface area contributed by atoms with Crippen molar-refractivity contribution in [3.8, 4) is 11.5 Å². The molecular formula is C31H33N6O10S2-. The van der Waals surface area contributed by atoms with Gasteiger partial charge in [-0.1, -0.05) is 10.3 Å². The van der Waals surface area contributed by atoms with Gasteiger partial charge in [-0.05, 0) is 26.8 Å². The van der Waals surface area contributed by atoms with Gasteiger partial charge in [-0.15, -0.1) is 23.1 Å². The lowest BCUT2D eigenvalue weighted by Gasteiger charge is -2.53. The highest BCUT2D eigenvalue weighted by Gasteiger charge is 2.55. The van der Waals surface area contributed by atoms with Gasteiger partial charge < -0.3 is 49.6 Å². The zero-order valence-corrected chi connectivity index (χ0v) is 28.3. The van der Waals surface area contributed by atoms with E-state index in [2.05, 4.69) is 15.3 Å². The van der Waals surface area contributed by atoms with Crippen molar-refractivity contribution < 1.29 is 53.4 Å². The number of carbonyl (C=O) groups is 4. The minimum atomic E-state index is -1.88. The molecule has 0 aliphatic carbocycles. The number of thiazole rings is 1. The number of fused-ring (bicyclic) bond motifs is 2. The summed E-state index contributed by atoms with van der Waals surface area (Å²) in [6.45, 7) is 6.28. The number of benzene rings is 1. The summed E-state index contributed by atoms with van der Waals surface area (Å²) in [6, 6.07) is 2.67. The first-order valence-electron chi connectivity index (χ1n) is 15.4. The van der Waals surface area contributed by atoms with E-state index in [-0.39, 0.29) is 51.9 Å². The van der Waals surface area contributed by atoms with Gasteiger partial charge in [0.1, 0.15) is 24.5 Å². The van der Waals surface area contributed by atoms with Crippen LogP contribution in [0.2, 0.25) is 0 Å². The normalized spacial score (nSPS) is 22.3. The molecule has 2 fully saturated rings. The fourth-order valence-corrected chi connectivity index (χ4v) is 8.54. The number of nitrogens with zero attached hydrogens (tertiary/aromatic N) is 5. The third-order valence-corrected chi connectivity index (χ3v) is 11.3. The van der Waals surface area contributed by atoms with E-state index in [1.54, 1.807) is 0 Å². The Labute approximate surface area is 287 Å². The number of aliphatic carboxylic acids is 2. The number of nitrogens with two attached hydrogens (primary N) is 1. The second kappa shape index (κ2) is 12.6. The van der Waals surface area contributed by atoms with Crippen molar-refractivity contribution in [3.05, 3.63) is 40.2 Å². The first kappa shape index (κ1) is 34.2. The van der Waals surface area contributed by atoms with Crippen LogP contribution in [-0.2, 0) is 30.6 Å². The quantitative estimate of drug-likeness (QED) is 0.0748. The molecule has 0 unspecified atom stereocenters. The number of β-lactam (4-membered cyclic amide) rings is 1. The molecule has 0 bridgehead atoms. The predicted molar refractivity (Wildman–Crippen MR) is 171 cm³/mol. The Hall–Kier alpha value is -4.68. The van der Waals surface area contributed by atoms with E-state index in [4.69, 9.17) is 15.1 Å². The van der Waals surface area contributed by atoms with E-state index < -0.39 is 40.5 Å². The van der Waals surface area contributed by atoms with E-state index in [9.17, 15) is 39.6 Å². The summed E-state index contributed by atoms with van der Waals surface area (Å²) in [4.78, 5) is 61.7. The number of aromatic nitrogens is 2. The Morgan fingerprint density at radius 2 is 1.88 bits per heavy atom. The lowest BCUT2D eigenvalue weighted by atomic mass is 9.88. The molecule has 2 saturated heterocycles. The number of carbonyl (C=O) groups excluding carboxylic acids is 4. The van der Waals surface area contributed by atoms with Crippen LogP contribution in [0.3, 0.4) is 0 Å². The molecule has 1 amide bonds. The smallest absolute Gasteiger partial charge is 0.234 e. The number of nitrogen functional groups attached to an aromatic ring is 1. The maximum atomic E-state index is 13.6. The van der Waals surface area contributed by atoms with Gasteiger partial charge in [-0.3, -0.25) is 14.5 Å². The molecule has 3 atom stereocenters. The Balaban J connectivity index is 1.26.